The van der Waals surface area contributed by atoms with Crippen LogP contribution in [0.2, 0.25) is 0 Å². The summed E-state index contributed by atoms with van der Waals surface area (Å²) in [5.74, 6) is 1.55. The number of hydrogen-bond acceptors (Lipinski definition) is 5. The molecule has 4 rings (SSSR count). The molecule has 1 aromatic carbocycles. The largest absolute Gasteiger partial charge is 0.395 e. The number of rotatable bonds is 7. The van der Waals surface area contributed by atoms with E-state index in [1.165, 1.54) is 0 Å². The van der Waals surface area contributed by atoms with Crippen LogP contribution in [0.5, 0.6) is 0 Å². The van der Waals surface area contributed by atoms with Crippen LogP contribution < -0.4 is 0 Å². The smallest absolute Gasteiger partial charge is 0.181 e. The molecule has 0 unspecified atom stereocenters. The normalized spacial score (nSPS) is 11.5. The van der Waals surface area contributed by atoms with E-state index in [-0.39, 0.29) is 6.61 Å². The topological polar surface area (TPSA) is 82.9 Å². The van der Waals surface area contributed by atoms with Crippen LogP contribution in [0.3, 0.4) is 0 Å². The van der Waals surface area contributed by atoms with Crippen molar-refractivity contribution < 1.29 is 9.84 Å². The Bertz CT molecular complexity index is 1020. The molecule has 134 valence electrons. The Hall–Kier alpha value is -2.97. The SMILES string of the molecule is COCCn1ccnc1-c1nccn1-c1ccc2c(c1)ncn2CCO. The highest BCUT2D eigenvalue weighted by atomic mass is 16.5. The molecule has 3 aromatic heterocycles. The summed E-state index contributed by atoms with van der Waals surface area (Å²) in [4.78, 5) is 13.4. The highest BCUT2D eigenvalue weighted by molar-refractivity contribution is 5.78. The number of fused-ring (bicyclic) bond motifs is 1. The zero-order valence-corrected chi connectivity index (χ0v) is 14.5. The van der Waals surface area contributed by atoms with Crippen LogP contribution in [0.15, 0.2) is 49.3 Å². The maximum Gasteiger partial charge on any atom is 0.181 e. The zero-order valence-electron chi connectivity index (χ0n) is 14.5. The summed E-state index contributed by atoms with van der Waals surface area (Å²) in [5.41, 5.74) is 2.82. The number of aliphatic hydroxyl groups excluding tert-OH is 1. The van der Waals surface area contributed by atoms with Crippen molar-refractivity contribution in [2.75, 3.05) is 20.3 Å². The fourth-order valence-electron chi connectivity index (χ4n) is 3.05. The molecule has 8 nitrogen and oxygen atoms in total. The highest BCUT2D eigenvalue weighted by Gasteiger charge is 2.14. The first-order valence-electron chi connectivity index (χ1n) is 8.41. The van der Waals surface area contributed by atoms with Gasteiger partial charge in [0.05, 0.1) is 30.6 Å². The number of aromatic nitrogens is 6. The monoisotopic (exact) mass is 352 g/mol. The quantitative estimate of drug-likeness (QED) is 0.548. The van der Waals surface area contributed by atoms with E-state index in [1.54, 1.807) is 25.8 Å². The van der Waals surface area contributed by atoms with E-state index in [4.69, 9.17) is 9.84 Å². The first-order chi connectivity index (χ1) is 12.8. The number of ether oxygens (including phenoxy) is 1. The number of methoxy groups -OCH3 is 1. The van der Waals surface area contributed by atoms with Crippen molar-refractivity contribution in [2.45, 2.75) is 13.1 Å². The summed E-state index contributed by atoms with van der Waals surface area (Å²) >= 11 is 0. The van der Waals surface area contributed by atoms with Crippen LogP contribution in [-0.2, 0) is 17.8 Å². The molecule has 4 aromatic rings. The average Bonchev–Trinajstić information content (AvgIpc) is 3.39. The van der Waals surface area contributed by atoms with Gasteiger partial charge in [-0.1, -0.05) is 0 Å². The molecule has 0 bridgehead atoms. The van der Waals surface area contributed by atoms with Gasteiger partial charge in [-0.3, -0.25) is 4.57 Å². The number of imidazole rings is 3. The Balaban J connectivity index is 1.73. The van der Waals surface area contributed by atoms with Gasteiger partial charge in [0, 0.05) is 50.7 Å². The molecule has 0 saturated carbocycles. The first-order valence-corrected chi connectivity index (χ1v) is 8.41. The Morgan fingerprint density at radius 1 is 1.00 bits per heavy atom. The number of hydrogen-bond donors (Lipinski definition) is 1. The Morgan fingerprint density at radius 3 is 2.69 bits per heavy atom. The Labute approximate surface area is 150 Å². The van der Waals surface area contributed by atoms with Crippen molar-refractivity contribution in [1.82, 2.24) is 28.7 Å². The van der Waals surface area contributed by atoms with Gasteiger partial charge in [-0.15, -0.1) is 0 Å². The molecule has 0 radical (unpaired) electrons. The molecule has 0 spiro atoms. The Kier molecular flexibility index (Phi) is 4.51. The summed E-state index contributed by atoms with van der Waals surface area (Å²) in [6.07, 6.45) is 9.11. The summed E-state index contributed by atoms with van der Waals surface area (Å²) < 4.78 is 11.1. The van der Waals surface area contributed by atoms with Gasteiger partial charge in [0.2, 0.25) is 0 Å². The van der Waals surface area contributed by atoms with Crippen LogP contribution in [0.4, 0.5) is 0 Å². The standard InChI is InChI=1S/C18H20N6O2/c1-26-11-9-22-6-4-19-17(22)18-20-5-7-24(18)14-2-3-16-15(12-14)21-13-23(16)8-10-25/h2-7,12-13,25H,8-11H2,1H3. The van der Waals surface area contributed by atoms with Crippen LogP contribution in [0, 0.1) is 0 Å². The average molecular weight is 352 g/mol. The molecule has 0 aliphatic rings. The Morgan fingerprint density at radius 2 is 1.85 bits per heavy atom. The second-order valence-corrected chi connectivity index (χ2v) is 5.89. The van der Waals surface area contributed by atoms with Gasteiger partial charge in [0.15, 0.2) is 11.6 Å². The minimum absolute atomic E-state index is 0.0863. The molecule has 8 heteroatoms. The van der Waals surface area contributed by atoms with Crippen LogP contribution >= 0.6 is 0 Å². The van der Waals surface area contributed by atoms with Gasteiger partial charge in [-0.2, -0.15) is 0 Å². The van der Waals surface area contributed by atoms with E-state index in [2.05, 4.69) is 15.0 Å². The van der Waals surface area contributed by atoms with Gasteiger partial charge in [0.25, 0.3) is 0 Å². The van der Waals surface area contributed by atoms with Crippen LogP contribution in [-0.4, -0.2) is 54.1 Å². The van der Waals surface area contributed by atoms with E-state index >= 15 is 0 Å². The van der Waals surface area contributed by atoms with Crippen molar-refractivity contribution in [3.8, 4) is 17.3 Å². The number of aliphatic hydroxyl groups is 1. The lowest BCUT2D eigenvalue weighted by Gasteiger charge is -2.10. The van der Waals surface area contributed by atoms with Gasteiger partial charge in [-0.05, 0) is 18.2 Å². The molecule has 0 saturated heterocycles. The minimum atomic E-state index is 0.0863. The minimum Gasteiger partial charge on any atom is -0.395 e. The van der Waals surface area contributed by atoms with E-state index in [9.17, 15) is 0 Å². The van der Waals surface area contributed by atoms with E-state index in [0.717, 1.165) is 28.4 Å². The lowest BCUT2D eigenvalue weighted by Crippen LogP contribution is -2.07. The third-order valence-electron chi connectivity index (χ3n) is 4.32. The van der Waals surface area contributed by atoms with Crippen molar-refractivity contribution in [3.63, 3.8) is 0 Å². The first kappa shape index (κ1) is 16.5. The third-order valence-corrected chi connectivity index (χ3v) is 4.32. The fourth-order valence-corrected chi connectivity index (χ4v) is 3.05. The lowest BCUT2D eigenvalue weighted by molar-refractivity contribution is 0.187. The molecule has 0 aliphatic carbocycles. The third kappa shape index (κ3) is 2.89. The van der Waals surface area contributed by atoms with Crippen LogP contribution in [0.25, 0.3) is 28.4 Å². The van der Waals surface area contributed by atoms with Crippen molar-refractivity contribution in [2.24, 2.45) is 0 Å². The predicted molar refractivity (Wildman–Crippen MR) is 97.0 cm³/mol. The molecule has 26 heavy (non-hydrogen) atoms. The van der Waals surface area contributed by atoms with Gasteiger partial charge in [0.1, 0.15) is 0 Å². The molecule has 0 fully saturated rings. The highest BCUT2D eigenvalue weighted by Crippen LogP contribution is 2.23. The fraction of sp³-hybridized carbons (Fsp3) is 0.278. The lowest BCUT2D eigenvalue weighted by atomic mass is 10.2. The van der Waals surface area contributed by atoms with E-state index in [1.807, 2.05) is 44.3 Å². The summed E-state index contributed by atoms with van der Waals surface area (Å²) in [6, 6.07) is 6.04. The summed E-state index contributed by atoms with van der Waals surface area (Å²) in [5, 5.41) is 9.15. The molecule has 1 N–H and O–H groups in total. The van der Waals surface area contributed by atoms with Crippen LogP contribution in [0.1, 0.15) is 0 Å². The molecule has 3 heterocycles. The molecule has 0 aliphatic heterocycles. The molecular formula is C18H20N6O2. The predicted octanol–water partition coefficient (Wildman–Crippen LogP) is 1.72. The van der Waals surface area contributed by atoms with Crippen molar-refractivity contribution in [1.29, 1.82) is 0 Å². The summed E-state index contributed by atoms with van der Waals surface area (Å²) in [6.45, 7) is 1.94. The van der Waals surface area contributed by atoms with E-state index in [0.29, 0.717) is 19.7 Å². The number of benzene rings is 1. The van der Waals surface area contributed by atoms with Gasteiger partial charge in [-0.25, -0.2) is 15.0 Å². The molecular weight excluding hydrogens is 332 g/mol. The maximum absolute atomic E-state index is 9.15. The van der Waals surface area contributed by atoms with Gasteiger partial charge >= 0.3 is 0 Å². The molecule has 0 atom stereocenters. The van der Waals surface area contributed by atoms with Crippen molar-refractivity contribution in [3.05, 3.63) is 49.3 Å². The molecule has 0 amide bonds. The second-order valence-electron chi connectivity index (χ2n) is 5.89. The number of nitrogens with zero attached hydrogens (tertiary/aromatic N) is 6. The second kappa shape index (κ2) is 7.11. The van der Waals surface area contributed by atoms with Gasteiger partial charge < -0.3 is 19.0 Å². The summed E-state index contributed by atoms with van der Waals surface area (Å²) in [7, 11) is 1.68. The maximum atomic E-state index is 9.15. The van der Waals surface area contributed by atoms with E-state index < -0.39 is 0 Å². The van der Waals surface area contributed by atoms with Crippen molar-refractivity contribution >= 4 is 11.0 Å². The zero-order chi connectivity index (χ0) is 17.9.